The number of aliphatic hydroxyl groups is 1. The molecule has 19 heavy (non-hydrogen) atoms. The van der Waals surface area contributed by atoms with Crippen LogP contribution in [0.25, 0.3) is 11.0 Å². The number of hydrogen-bond acceptors (Lipinski definition) is 3. The maximum absolute atomic E-state index is 10.3. The van der Waals surface area contributed by atoms with Gasteiger partial charge in [0.15, 0.2) is 0 Å². The molecule has 0 aliphatic heterocycles. The molecule has 0 radical (unpaired) electrons. The number of halogens is 1. The smallest absolute Gasteiger partial charge is 0.134 e. The summed E-state index contributed by atoms with van der Waals surface area (Å²) < 4.78 is 6.79. The fraction of sp³-hybridized carbons (Fsp3) is 0.200. The predicted molar refractivity (Wildman–Crippen MR) is 81.6 cm³/mol. The number of rotatable bonds is 3. The third-order valence-corrected chi connectivity index (χ3v) is 4.69. The molecule has 1 N–H and O–H groups in total. The van der Waals surface area contributed by atoms with Gasteiger partial charge in [0.25, 0.3) is 0 Å². The zero-order valence-corrected chi connectivity index (χ0v) is 12.8. The van der Waals surface area contributed by atoms with Gasteiger partial charge < -0.3 is 9.52 Å². The number of fused-ring (bicyclic) bond motifs is 1. The van der Waals surface area contributed by atoms with Gasteiger partial charge in [-0.15, -0.1) is 11.3 Å². The SMILES string of the molecule is Cc1ccc2oc(C(O)Cc3ccc(Br)s3)cc2c1. The fourth-order valence-electron chi connectivity index (χ4n) is 2.10. The Morgan fingerprint density at radius 2 is 2.11 bits per heavy atom. The van der Waals surface area contributed by atoms with Gasteiger partial charge in [0.1, 0.15) is 17.4 Å². The first kappa shape index (κ1) is 12.9. The van der Waals surface area contributed by atoms with Gasteiger partial charge in [-0.1, -0.05) is 11.6 Å². The molecular formula is C15H13BrO2S. The highest BCUT2D eigenvalue weighted by atomic mass is 79.9. The van der Waals surface area contributed by atoms with Crippen LogP contribution in [0.2, 0.25) is 0 Å². The summed E-state index contributed by atoms with van der Waals surface area (Å²) in [5.74, 6) is 0.630. The van der Waals surface area contributed by atoms with E-state index in [4.69, 9.17) is 4.42 Å². The first-order chi connectivity index (χ1) is 9.11. The van der Waals surface area contributed by atoms with Crippen LogP contribution in [0.3, 0.4) is 0 Å². The molecule has 0 spiro atoms. The van der Waals surface area contributed by atoms with Crippen LogP contribution in [0.1, 0.15) is 22.3 Å². The fourth-order valence-corrected chi connectivity index (χ4v) is 3.62. The molecule has 4 heteroatoms. The summed E-state index contributed by atoms with van der Waals surface area (Å²) in [5.41, 5.74) is 2.02. The van der Waals surface area contributed by atoms with Crippen molar-refractivity contribution in [2.45, 2.75) is 19.4 Å². The van der Waals surface area contributed by atoms with Crippen LogP contribution in [0, 0.1) is 6.92 Å². The molecule has 0 aliphatic rings. The van der Waals surface area contributed by atoms with Gasteiger partial charge in [0.2, 0.25) is 0 Å². The van der Waals surface area contributed by atoms with E-state index in [1.807, 2.05) is 37.3 Å². The zero-order valence-electron chi connectivity index (χ0n) is 10.4. The van der Waals surface area contributed by atoms with E-state index in [2.05, 4.69) is 22.0 Å². The normalized spacial score (nSPS) is 13.0. The average molecular weight is 337 g/mol. The lowest BCUT2D eigenvalue weighted by atomic mass is 10.1. The van der Waals surface area contributed by atoms with Gasteiger partial charge in [-0.05, 0) is 53.2 Å². The van der Waals surface area contributed by atoms with Crippen molar-refractivity contribution in [3.05, 3.63) is 56.4 Å². The summed E-state index contributed by atoms with van der Waals surface area (Å²) in [6.07, 6.45) is -0.0204. The van der Waals surface area contributed by atoms with Crippen LogP contribution >= 0.6 is 27.3 Å². The van der Waals surface area contributed by atoms with Crippen LogP contribution in [-0.4, -0.2) is 5.11 Å². The minimum atomic E-state index is -0.599. The molecule has 0 aliphatic carbocycles. The Hall–Kier alpha value is -1.10. The summed E-state index contributed by atoms with van der Waals surface area (Å²) in [6.45, 7) is 2.05. The molecule has 2 nitrogen and oxygen atoms in total. The van der Waals surface area contributed by atoms with E-state index in [0.29, 0.717) is 12.2 Å². The molecule has 0 fully saturated rings. The maximum atomic E-state index is 10.3. The molecule has 0 saturated heterocycles. The number of thiophene rings is 1. The molecule has 2 heterocycles. The zero-order chi connectivity index (χ0) is 13.4. The predicted octanol–water partition coefficient (Wildman–Crippen LogP) is 4.84. The van der Waals surface area contributed by atoms with Gasteiger partial charge in [-0.2, -0.15) is 0 Å². The first-order valence-electron chi connectivity index (χ1n) is 6.04. The summed E-state index contributed by atoms with van der Waals surface area (Å²) in [7, 11) is 0. The van der Waals surface area contributed by atoms with Crippen molar-refractivity contribution in [1.82, 2.24) is 0 Å². The van der Waals surface area contributed by atoms with Crippen molar-refractivity contribution >= 4 is 38.2 Å². The lowest BCUT2D eigenvalue weighted by Gasteiger charge is -2.04. The van der Waals surface area contributed by atoms with E-state index >= 15 is 0 Å². The summed E-state index contributed by atoms with van der Waals surface area (Å²) >= 11 is 5.06. The van der Waals surface area contributed by atoms with Gasteiger partial charge in [-0.25, -0.2) is 0 Å². The van der Waals surface area contributed by atoms with Crippen LogP contribution in [0.15, 0.2) is 44.6 Å². The molecule has 1 atom stereocenters. The van der Waals surface area contributed by atoms with Crippen LogP contribution in [-0.2, 0) is 6.42 Å². The van der Waals surface area contributed by atoms with Crippen molar-refractivity contribution in [2.24, 2.45) is 0 Å². The molecule has 0 amide bonds. The molecule has 1 aromatic carbocycles. The lowest BCUT2D eigenvalue weighted by molar-refractivity contribution is 0.153. The monoisotopic (exact) mass is 336 g/mol. The lowest BCUT2D eigenvalue weighted by Crippen LogP contribution is -1.98. The second-order valence-electron chi connectivity index (χ2n) is 4.62. The molecule has 0 bridgehead atoms. The quantitative estimate of drug-likeness (QED) is 0.742. The van der Waals surface area contributed by atoms with E-state index < -0.39 is 6.10 Å². The van der Waals surface area contributed by atoms with Gasteiger partial charge >= 0.3 is 0 Å². The second kappa shape index (κ2) is 5.12. The topological polar surface area (TPSA) is 33.4 Å². The number of benzene rings is 1. The summed E-state index contributed by atoms with van der Waals surface area (Å²) in [6, 6.07) is 12.0. The van der Waals surface area contributed by atoms with Crippen molar-refractivity contribution in [2.75, 3.05) is 0 Å². The molecule has 1 unspecified atom stereocenters. The minimum absolute atomic E-state index is 0.578. The Kier molecular flexibility index (Phi) is 3.48. The largest absolute Gasteiger partial charge is 0.458 e. The number of hydrogen-bond donors (Lipinski definition) is 1. The van der Waals surface area contributed by atoms with Gasteiger partial charge in [0, 0.05) is 16.7 Å². The standard InChI is InChI=1S/C15H13BrO2S/c1-9-2-4-13-10(6-9)7-14(18-13)12(17)8-11-3-5-15(16)19-11/h2-7,12,17H,8H2,1H3. The highest BCUT2D eigenvalue weighted by molar-refractivity contribution is 9.11. The third kappa shape index (κ3) is 2.76. The highest BCUT2D eigenvalue weighted by Gasteiger charge is 2.15. The van der Waals surface area contributed by atoms with Crippen LogP contribution in [0.4, 0.5) is 0 Å². The first-order valence-corrected chi connectivity index (χ1v) is 7.65. The van der Waals surface area contributed by atoms with Crippen molar-refractivity contribution in [1.29, 1.82) is 0 Å². The van der Waals surface area contributed by atoms with Gasteiger partial charge in [0.05, 0.1) is 3.79 Å². The number of furan rings is 1. The Labute approximate surface area is 123 Å². The average Bonchev–Trinajstić information content (AvgIpc) is 2.95. The third-order valence-electron chi connectivity index (χ3n) is 3.04. The summed E-state index contributed by atoms with van der Waals surface area (Å²) in [5, 5.41) is 11.3. The molecule has 98 valence electrons. The molecule has 3 rings (SSSR count). The number of aryl methyl sites for hydroxylation is 1. The van der Waals surface area contributed by atoms with Gasteiger partial charge in [-0.3, -0.25) is 0 Å². The van der Waals surface area contributed by atoms with E-state index in [1.54, 1.807) is 11.3 Å². The van der Waals surface area contributed by atoms with E-state index in [-0.39, 0.29) is 0 Å². The molecule has 0 saturated carbocycles. The molecule has 2 aromatic heterocycles. The number of aliphatic hydroxyl groups excluding tert-OH is 1. The highest BCUT2D eigenvalue weighted by Crippen LogP contribution is 2.30. The Morgan fingerprint density at radius 1 is 1.26 bits per heavy atom. The Balaban J connectivity index is 1.86. The maximum Gasteiger partial charge on any atom is 0.134 e. The molecule has 3 aromatic rings. The van der Waals surface area contributed by atoms with E-state index in [1.165, 1.54) is 5.56 Å². The second-order valence-corrected chi connectivity index (χ2v) is 7.16. The van der Waals surface area contributed by atoms with Crippen molar-refractivity contribution in [3.8, 4) is 0 Å². The van der Waals surface area contributed by atoms with E-state index in [0.717, 1.165) is 19.6 Å². The summed E-state index contributed by atoms with van der Waals surface area (Å²) in [4.78, 5) is 1.14. The Bertz CT molecular complexity index is 714. The molecular weight excluding hydrogens is 324 g/mol. The van der Waals surface area contributed by atoms with Crippen molar-refractivity contribution in [3.63, 3.8) is 0 Å². The Morgan fingerprint density at radius 3 is 2.84 bits per heavy atom. The van der Waals surface area contributed by atoms with Crippen LogP contribution in [0.5, 0.6) is 0 Å². The van der Waals surface area contributed by atoms with Crippen LogP contribution < -0.4 is 0 Å². The van der Waals surface area contributed by atoms with E-state index in [9.17, 15) is 5.11 Å². The van der Waals surface area contributed by atoms with Crippen molar-refractivity contribution < 1.29 is 9.52 Å². The minimum Gasteiger partial charge on any atom is -0.458 e.